The number of benzene rings is 1. The number of carbonyl (C=O) groups excluding carboxylic acids is 1. The van der Waals surface area contributed by atoms with Crippen molar-refractivity contribution < 1.29 is 4.79 Å². The fraction of sp³-hybridized carbons (Fsp3) is 0.588. The Morgan fingerprint density at radius 3 is 2.60 bits per heavy atom. The van der Waals surface area contributed by atoms with E-state index < -0.39 is 0 Å². The summed E-state index contributed by atoms with van der Waals surface area (Å²) < 4.78 is 0. The van der Waals surface area contributed by atoms with Crippen molar-refractivity contribution in [2.45, 2.75) is 52.1 Å². The van der Waals surface area contributed by atoms with Crippen LogP contribution in [0.4, 0.5) is 0 Å². The molecule has 110 valence electrons. The molecule has 1 aliphatic heterocycles. The Morgan fingerprint density at radius 2 is 2.05 bits per heavy atom. The number of hydrogen-bond donors (Lipinski definition) is 2. The molecule has 0 bridgehead atoms. The number of amides is 1. The normalized spacial score (nSPS) is 20.6. The number of nitrogens with one attached hydrogen (secondary N) is 2. The van der Waals surface area contributed by atoms with Gasteiger partial charge in [-0.1, -0.05) is 51.1 Å². The summed E-state index contributed by atoms with van der Waals surface area (Å²) >= 11 is 0. The second kappa shape index (κ2) is 6.40. The van der Waals surface area contributed by atoms with Crippen molar-refractivity contribution in [1.82, 2.24) is 10.6 Å². The fourth-order valence-corrected chi connectivity index (χ4v) is 2.73. The Balaban J connectivity index is 2.08. The summed E-state index contributed by atoms with van der Waals surface area (Å²) in [4.78, 5) is 12.3. The minimum absolute atomic E-state index is 0.0128. The molecule has 0 aliphatic carbocycles. The maximum absolute atomic E-state index is 12.3. The van der Waals surface area contributed by atoms with Gasteiger partial charge in [0.2, 0.25) is 5.91 Å². The van der Waals surface area contributed by atoms with Crippen molar-refractivity contribution in [3.8, 4) is 0 Å². The van der Waals surface area contributed by atoms with Crippen molar-refractivity contribution in [3.05, 3.63) is 35.9 Å². The fourth-order valence-electron chi connectivity index (χ4n) is 2.73. The van der Waals surface area contributed by atoms with Gasteiger partial charge >= 0.3 is 0 Å². The molecule has 2 N–H and O–H groups in total. The van der Waals surface area contributed by atoms with Crippen molar-refractivity contribution in [3.63, 3.8) is 0 Å². The van der Waals surface area contributed by atoms with E-state index in [0.717, 1.165) is 25.8 Å². The monoisotopic (exact) mass is 274 g/mol. The van der Waals surface area contributed by atoms with E-state index in [-0.39, 0.29) is 23.4 Å². The van der Waals surface area contributed by atoms with Gasteiger partial charge in [0, 0.05) is 0 Å². The van der Waals surface area contributed by atoms with Gasteiger partial charge in [-0.2, -0.15) is 0 Å². The Hall–Kier alpha value is -1.35. The van der Waals surface area contributed by atoms with Gasteiger partial charge in [-0.05, 0) is 36.8 Å². The van der Waals surface area contributed by atoms with Crippen LogP contribution < -0.4 is 10.6 Å². The zero-order valence-electron chi connectivity index (χ0n) is 12.8. The van der Waals surface area contributed by atoms with Gasteiger partial charge in [0.1, 0.15) is 0 Å². The molecule has 1 aliphatic rings. The summed E-state index contributed by atoms with van der Waals surface area (Å²) in [5.74, 6) is 0.139. The SMILES string of the molecule is CC(C)(C)CC(NC(=O)[C@@H]1CCCN1)c1ccccc1. The average molecular weight is 274 g/mol. The van der Waals surface area contributed by atoms with E-state index in [0.29, 0.717) is 0 Å². The standard InChI is InChI=1S/C17H26N2O/c1-17(2,3)12-15(13-8-5-4-6-9-13)19-16(20)14-10-7-11-18-14/h4-6,8-9,14-15,18H,7,10-12H2,1-3H3,(H,19,20)/t14-,15?/m0/s1. The topological polar surface area (TPSA) is 41.1 Å². The van der Waals surface area contributed by atoms with E-state index in [1.807, 2.05) is 18.2 Å². The highest BCUT2D eigenvalue weighted by atomic mass is 16.2. The molecular weight excluding hydrogens is 248 g/mol. The smallest absolute Gasteiger partial charge is 0.237 e. The van der Waals surface area contributed by atoms with E-state index in [4.69, 9.17) is 0 Å². The first kappa shape index (κ1) is 15.0. The molecular formula is C17H26N2O. The van der Waals surface area contributed by atoms with E-state index in [9.17, 15) is 4.79 Å². The van der Waals surface area contributed by atoms with Crippen LogP contribution in [0.25, 0.3) is 0 Å². The van der Waals surface area contributed by atoms with Crippen molar-refractivity contribution in [1.29, 1.82) is 0 Å². The molecule has 1 unspecified atom stereocenters. The molecule has 1 heterocycles. The van der Waals surface area contributed by atoms with E-state index >= 15 is 0 Å². The first-order valence-electron chi connectivity index (χ1n) is 7.54. The molecule has 2 rings (SSSR count). The average Bonchev–Trinajstić information content (AvgIpc) is 2.91. The lowest BCUT2D eigenvalue weighted by molar-refractivity contribution is -0.123. The highest BCUT2D eigenvalue weighted by Crippen LogP contribution is 2.29. The summed E-state index contributed by atoms with van der Waals surface area (Å²) in [6.45, 7) is 7.59. The highest BCUT2D eigenvalue weighted by molar-refractivity contribution is 5.82. The third-order valence-corrected chi connectivity index (χ3v) is 3.71. The van der Waals surface area contributed by atoms with Crippen LogP contribution in [0.1, 0.15) is 51.6 Å². The lowest BCUT2D eigenvalue weighted by atomic mass is 9.85. The van der Waals surface area contributed by atoms with E-state index in [2.05, 4.69) is 43.5 Å². The summed E-state index contributed by atoms with van der Waals surface area (Å²) in [5, 5.41) is 6.49. The maximum atomic E-state index is 12.3. The number of rotatable bonds is 4. The molecule has 1 fully saturated rings. The lowest BCUT2D eigenvalue weighted by Crippen LogP contribution is -2.42. The Morgan fingerprint density at radius 1 is 1.35 bits per heavy atom. The summed E-state index contributed by atoms with van der Waals surface area (Å²) in [7, 11) is 0. The Bertz CT molecular complexity index is 430. The molecule has 3 heteroatoms. The molecule has 0 aromatic heterocycles. The first-order chi connectivity index (χ1) is 9.46. The zero-order valence-corrected chi connectivity index (χ0v) is 12.8. The van der Waals surface area contributed by atoms with Gasteiger partial charge in [-0.15, -0.1) is 0 Å². The third-order valence-electron chi connectivity index (χ3n) is 3.71. The lowest BCUT2D eigenvalue weighted by Gasteiger charge is -2.28. The van der Waals surface area contributed by atoms with Crippen LogP contribution in [0.15, 0.2) is 30.3 Å². The molecule has 0 spiro atoms. The van der Waals surface area contributed by atoms with Gasteiger partial charge in [0.05, 0.1) is 12.1 Å². The van der Waals surface area contributed by atoms with Crippen LogP contribution in [-0.4, -0.2) is 18.5 Å². The molecule has 2 atom stereocenters. The van der Waals surface area contributed by atoms with Crippen LogP contribution in [0.3, 0.4) is 0 Å². The van der Waals surface area contributed by atoms with E-state index in [1.54, 1.807) is 0 Å². The number of hydrogen-bond acceptors (Lipinski definition) is 2. The second-order valence-corrected chi connectivity index (χ2v) is 6.89. The van der Waals surface area contributed by atoms with Crippen LogP contribution in [0.2, 0.25) is 0 Å². The van der Waals surface area contributed by atoms with Gasteiger partial charge in [0.25, 0.3) is 0 Å². The Kier molecular flexibility index (Phi) is 4.81. The van der Waals surface area contributed by atoms with Crippen LogP contribution in [-0.2, 0) is 4.79 Å². The number of carbonyl (C=O) groups is 1. The van der Waals surface area contributed by atoms with Gasteiger partial charge in [-0.25, -0.2) is 0 Å². The molecule has 0 radical (unpaired) electrons. The molecule has 1 saturated heterocycles. The zero-order chi connectivity index (χ0) is 14.6. The quantitative estimate of drug-likeness (QED) is 0.886. The Labute approximate surface area is 122 Å². The summed E-state index contributed by atoms with van der Waals surface area (Å²) in [6, 6.07) is 10.3. The van der Waals surface area contributed by atoms with Crippen molar-refractivity contribution in [2.75, 3.05) is 6.54 Å². The van der Waals surface area contributed by atoms with Crippen molar-refractivity contribution in [2.24, 2.45) is 5.41 Å². The van der Waals surface area contributed by atoms with Gasteiger partial charge < -0.3 is 10.6 Å². The maximum Gasteiger partial charge on any atom is 0.237 e. The van der Waals surface area contributed by atoms with Crippen LogP contribution >= 0.6 is 0 Å². The first-order valence-corrected chi connectivity index (χ1v) is 7.54. The van der Waals surface area contributed by atoms with Gasteiger partial charge in [-0.3, -0.25) is 4.79 Å². The van der Waals surface area contributed by atoms with Crippen molar-refractivity contribution >= 4 is 5.91 Å². The summed E-state index contributed by atoms with van der Waals surface area (Å²) in [5.41, 5.74) is 1.37. The molecule has 1 aromatic rings. The molecule has 3 nitrogen and oxygen atoms in total. The predicted molar refractivity (Wildman–Crippen MR) is 82.4 cm³/mol. The molecule has 1 amide bonds. The molecule has 20 heavy (non-hydrogen) atoms. The highest BCUT2D eigenvalue weighted by Gasteiger charge is 2.27. The summed E-state index contributed by atoms with van der Waals surface area (Å²) in [6.07, 6.45) is 2.98. The predicted octanol–water partition coefficient (Wildman–Crippen LogP) is 3.03. The van der Waals surface area contributed by atoms with Crippen LogP contribution in [0.5, 0.6) is 0 Å². The van der Waals surface area contributed by atoms with Crippen LogP contribution in [0, 0.1) is 5.41 Å². The third kappa shape index (κ3) is 4.34. The van der Waals surface area contributed by atoms with E-state index in [1.165, 1.54) is 5.56 Å². The molecule has 0 saturated carbocycles. The minimum atomic E-state index is -0.0128. The second-order valence-electron chi connectivity index (χ2n) is 6.89. The largest absolute Gasteiger partial charge is 0.348 e. The van der Waals surface area contributed by atoms with Gasteiger partial charge in [0.15, 0.2) is 0 Å². The minimum Gasteiger partial charge on any atom is -0.348 e. The molecule has 1 aromatic carbocycles.